The first-order valence-corrected chi connectivity index (χ1v) is 11.3. The first-order valence-electron chi connectivity index (χ1n) is 6.20. The Balaban J connectivity index is 4.90. The van der Waals surface area contributed by atoms with E-state index in [0.29, 0.717) is 12.1 Å². The summed E-state index contributed by atoms with van der Waals surface area (Å²) >= 11 is 8.44. The number of rotatable bonds is 12. The van der Waals surface area contributed by atoms with Gasteiger partial charge in [-0.2, -0.15) is 25.3 Å². The summed E-state index contributed by atoms with van der Waals surface area (Å²) < 4.78 is 28.3. The Morgan fingerprint density at radius 1 is 0.684 bits per heavy atom. The molecule has 0 N–H and O–H groups in total. The Kier molecular flexibility index (Phi) is 11.2. The third kappa shape index (κ3) is 6.49. The van der Waals surface area contributed by atoms with E-state index in [4.69, 9.17) is 21.8 Å². The molecule has 0 atom stereocenters. The van der Waals surface area contributed by atoms with Crippen LogP contribution in [-0.4, -0.2) is 57.6 Å². The molecule has 0 heterocycles. The fraction of sp³-hybridized carbons (Fsp3) is 1.00. The van der Waals surface area contributed by atoms with Crippen molar-refractivity contribution in [2.24, 2.45) is 0 Å². The second-order valence-corrected chi connectivity index (χ2v) is 11.0. The fourth-order valence-electron chi connectivity index (χ4n) is 1.67. The third-order valence-electron chi connectivity index (χ3n) is 2.84. The van der Waals surface area contributed by atoms with Crippen LogP contribution in [0.3, 0.4) is 0 Å². The lowest BCUT2D eigenvalue weighted by Gasteiger charge is -2.35. The van der Waals surface area contributed by atoms with Gasteiger partial charge in [0.15, 0.2) is 0 Å². The van der Waals surface area contributed by atoms with E-state index in [2.05, 4.69) is 25.3 Å². The van der Waals surface area contributed by atoms with Gasteiger partial charge in [-0.1, -0.05) is 0 Å². The van der Waals surface area contributed by atoms with Gasteiger partial charge in [0.1, 0.15) is 0 Å². The van der Waals surface area contributed by atoms with E-state index in [1.165, 1.54) is 0 Å². The van der Waals surface area contributed by atoms with Gasteiger partial charge >= 0.3 is 17.6 Å². The van der Waals surface area contributed by atoms with Gasteiger partial charge in [-0.05, 0) is 24.3 Å². The van der Waals surface area contributed by atoms with Crippen LogP contribution in [0.4, 0.5) is 0 Å². The van der Waals surface area contributed by atoms with Crippen molar-refractivity contribution < 1.29 is 21.8 Å². The molecular weight excluding hydrogens is 320 g/mol. The number of hydrogen-bond donors (Lipinski definition) is 2. The first kappa shape index (κ1) is 19.9. The zero-order valence-corrected chi connectivity index (χ0v) is 16.0. The van der Waals surface area contributed by atoms with Gasteiger partial charge in [0, 0.05) is 40.5 Å². The molecule has 0 spiro atoms. The SMILES string of the molecule is CO[Si](CCCS)(OC)O[Si](CCCS)(OC)OC. The van der Waals surface area contributed by atoms with Gasteiger partial charge in [-0.25, -0.2) is 0 Å². The van der Waals surface area contributed by atoms with Gasteiger partial charge in [0.05, 0.1) is 0 Å². The van der Waals surface area contributed by atoms with Crippen molar-refractivity contribution in [2.75, 3.05) is 39.9 Å². The molecule has 0 amide bonds. The fourth-order valence-corrected chi connectivity index (χ4v) is 9.00. The van der Waals surface area contributed by atoms with Crippen LogP contribution in [0.2, 0.25) is 12.1 Å². The molecule has 0 rings (SSSR count). The molecule has 0 aliphatic carbocycles. The molecule has 0 bridgehead atoms. The highest BCUT2D eigenvalue weighted by Crippen LogP contribution is 2.26. The molecule has 0 aliphatic rings. The number of hydrogen-bond acceptors (Lipinski definition) is 7. The van der Waals surface area contributed by atoms with Gasteiger partial charge in [0.25, 0.3) is 0 Å². The van der Waals surface area contributed by atoms with Crippen molar-refractivity contribution in [3.05, 3.63) is 0 Å². The average molecular weight is 347 g/mol. The highest BCUT2D eigenvalue weighted by Gasteiger charge is 2.51. The summed E-state index contributed by atoms with van der Waals surface area (Å²) in [5.41, 5.74) is 0. The molecule has 0 aromatic heterocycles. The van der Waals surface area contributed by atoms with E-state index in [-0.39, 0.29) is 0 Å². The molecule has 0 saturated carbocycles. The first-order chi connectivity index (χ1) is 9.07. The van der Waals surface area contributed by atoms with Gasteiger partial charge in [-0.15, -0.1) is 0 Å². The largest absolute Gasteiger partial charge is 0.493 e. The summed E-state index contributed by atoms with van der Waals surface area (Å²) in [5, 5.41) is 0. The smallest absolute Gasteiger partial charge is 0.377 e. The molecule has 5 nitrogen and oxygen atoms in total. The quantitative estimate of drug-likeness (QED) is 0.419. The lowest BCUT2D eigenvalue weighted by atomic mass is 10.6. The maximum atomic E-state index is 6.15. The van der Waals surface area contributed by atoms with Crippen molar-refractivity contribution in [1.29, 1.82) is 0 Å². The lowest BCUT2D eigenvalue weighted by Crippen LogP contribution is -2.57. The summed E-state index contributed by atoms with van der Waals surface area (Å²) in [5.74, 6) is 1.52. The van der Waals surface area contributed by atoms with Crippen molar-refractivity contribution in [2.45, 2.75) is 24.9 Å². The molecule has 0 aliphatic heterocycles. The van der Waals surface area contributed by atoms with Crippen LogP contribution < -0.4 is 0 Å². The van der Waals surface area contributed by atoms with Crippen molar-refractivity contribution in [3.8, 4) is 0 Å². The van der Waals surface area contributed by atoms with E-state index in [1.54, 1.807) is 28.4 Å². The minimum atomic E-state index is -2.75. The van der Waals surface area contributed by atoms with Crippen LogP contribution in [0.25, 0.3) is 0 Å². The zero-order chi connectivity index (χ0) is 14.8. The molecule has 0 aromatic carbocycles. The second-order valence-electron chi connectivity index (χ2n) is 3.94. The molecule has 0 aromatic rings. The van der Waals surface area contributed by atoms with Crippen molar-refractivity contribution >= 4 is 42.9 Å². The normalized spacial score (nSPS) is 12.9. The Labute approximate surface area is 129 Å². The number of thiol groups is 2. The molecule has 9 heteroatoms. The minimum Gasteiger partial charge on any atom is -0.377 e. The molecular formula is C10H26O5S2Si2. The topological polar surface area (TPSA) is 46.2 Å². The Morgan fingerprint density at radius 3 is 1.21 bits per heavy atom. The lowest BCUT2D eigenvalue weighted by molar-refractivity contribution is 0.0865. The maximum Gasteiger partial charge on any atom is 0.493 e. The van der Waals surface area contributed by atoms with Crippen LogP contribution in [0.5, 0.6) is 0 Å². The average Bonchev–Trinajstić information content (AvgIpc) is 2.48. The zero-order valence-electron chi connectivity index (χ0n) is 12.2. The summed E-state index contributed by atoms with van der Waals surface area (Å²) in [6, 6.07) is 1.40. The van der Waals surface area contributed by atoms with Crippen LogP contribution >= 0.6 is 25.3 Å². The van der Waals surface area contributed by atoms with E-state index >= 15 is 0 Å². The summed E-state index contributed by atoms with van der Waals surface area (Å²) in [6.07, 6.45) is 1.73. The third-order valence-corrected chi connectivity index (χ3v) is 10.4. The Bertz CT molecular complexity index is 206. The predicted molar refractivity (Wildman–Crippen MR) is 87.2 cm³/mol. The summed E-state index contributed by atoms with van der Waals surface area (Å²) in [6.45, 7) is 0. The van der Waals surface area contributed by atoms with Gasteiger partial charge < -0.3 is 21.8 Å². The molecule has 0 radical (unpaired) electrons. The van der Waals surface area contributed by atoms with E-state index < -0.39 is 17.6 Å². The van der Waals surface area contributed by atoms with Crippen LogP contribution in [0, 0.1) is 0 Å². The molecule has 0 saturated heterocycles. The second kappa shape index (κ2) is 10.6. The van der Waals surface area contributed by atoms with E-state index in [9.17, 15) is 0 Å². The van der Waals surface area contributed by atoms with Gasteiger partial charge in [0.2, 0.25) is 0 Å². The summed E-state index contributed by atoms with van der Waals surface area (Å²) in [4.78, 5) is 0. The minimum absolute atomic E-state index is 0.700. The van der Waals surface area contributed by atoms with E-state index in [1.807, 2.05) is 0 Å². The molecule has 19 heavy (non-hydrogen) atoms. The highest BCUT2D eigenvalue weighted by atomic mass is 32.1. The predicted octanol–water partition coefficient (Wildman–Crippen LogP) is 2.11. The van der Waals surface area contributed by atoms with E-state index in [0.717, 1.165) is 24.3 Å². The standard InChI is InChI=1S/C10H26O5S2Si2/c1-11-18(12-2,9-5-7-16)15-19(13-3,14-4)10-6-8-17/h16-17H,5-10H2,1-4H3. The maximum absolute atomic E-state index is 6.15. The van der Waals surface area contributed by atoms with Crippen LogP contribution in [0.1, 0.15) is 12.8 Å². The Morgan fingerprint density at radius 2 is 1.00 bits per heavy atom. The molecule has 0 unspecified atom stereocenters. The van der Waals surface area contributed by atoms with Crippen molar-refractivity contribution in [3.63, 3.8) is 0 Å². The van der Waals surface area contributed by atoms with Crippen molar-refractivity contribution in [1.82, 2.24) is 0 Å². The van der Waals surface area contributed by atoms with Crippen LogP contribution in [-0.2, 0) is 21.8 Å². The van der Waals surface area contributed by atoms with Gasteiger partial charge in [-0.3, -0.25) is 0 Å². The molecule has 116 valence electrons. The summed E-state index contributed by atoms with van der Waals surface area (Å²) in [7, 11) is 0.926. The monoisotopic (exact) mass is 346 g/mol. The van der Waals surface area contributed by atoms with Crippen LogP contribution in [0.15, 0.2) is 0 Å². The highest BCUT2D eigenvalue weighted by molar-refractivity contribution is 7.80. The molecule has 0 fully saturated rings. The Hall–Kier alpha value is 0.934.